The Morgan fingerprint density at radius 3 is 2.56 bits per heavy atom. The maximum atomic E-state index is 12.6. The lowest BCUT2D eigenvalue weighted by Crippen LogP contribution is -3.13. The minimum Gasteiger partial charge on any atom is -0.481 e. The molecule has 1 saturated heterocycles. The van der Waals surface area contributed by atoms with Crippen molar-refractivity contribution < 1.29 is 14.4 Å². The summed E-state index contributed by atoms with van der Waals surface area (Å²) >= 11 is 3.42. The van der Waals surface area contributed by atoms with Crippen LogP contribution in [-0.2, 0) is 11.3 Å². The van der Waals surface area contributed by atoms with E-state index >= 15 is 0 Å². The van der Waals surface area contributed by atoms with E-state index in [0.29, 0.717) is 5.75 Å². The highest BCUT2D eigenvalue weighted by atomic mass is 79.9. The third-order valence-electron chi connectivity index (χ3n) is 4.54. The maximum Gasteiger partial charge on any atom is 0.263 e. The van der Waals surface area contributed by atoms with Gasteiger partial charge in [-0.05, 0) is 25.1 Å². The van der Waals surface area contributed by atoms with Crippen LogP contribution >= 0.6 is 15.9 Å². The van der Waals surface area contributed by atoms with Crippen molar-refractivity contribution in [3.63, 3.8) is 0 Å². The molecule has 4 nitrogen and oxygen atoms in total. The highest BCUT2D eigenvalue weighted by Gasteiger charge is 2.27. The molecule has 0 unspecified atom stereocenters. The second-order valence-corrected chi connectivity index (χ2v) is 7.37. The number of ether oxygens (including phenoxy) is 1. The first-order valence-corrected chi connectivity index (χ1v) is 9.49. The first-order chi connectivity index (χ1) is 12.1. The van der Waals surface area contributed by atoms with Gasteiger partial charge < -0.3 is 14.5 Å². The molecule has 0 radical (unpaired) electrons. The summed E-state index contributed by atoms with van der Waals surface area (Å²) in [4.78, 5) is 16.1. The van der Waals surface area contributed by atoms with Crippen molar-refractivity contribution >= 4 is 21.8 Å². The van der Waals surface area contributed by atoms with Crippen molar-refractivity contribution in [3.05, 3.63) is 64.6 Å². The fraction of sp³-hybridized carbons (Fsp3) is 0.350. The number of quaternary nitrogens is 1. The van der Waals surface area contributed by atoms with Gasteiger partial charge in [0.05, 0.1) is 26.2 Å². The number of nitrogens with zero attached hydrogens (tertiary/aromatic N) is 1. The Kier molecular flexibility index (Phi) is 6.10. The largest absolute Gasteiger partial charge is 0.481 e. The molecule has 25 heavy (non-hydrogen) atoms. The van der Waals surface area contributed by atoms with E-state index in [2.05, 4.69) is 40.2 Å². The molecule has 1 fully saturated rings. The van der Waals surface area contributed by atoms with E-state index in [9.17, 15) is 4.79 Å². The van der Waals surface area contributed by atoms with Crippen LogP contribution in [0.1, 0.15) is 12.5 Å². The van der Waals surface area contributed by atoms with Crippen LogP contribution in [0.3, 0.4) is 0 Å². The van der Waals surface area contributed by atoms with Crippen molar-refractivity contribution in [2.75, 3.05) is 26.2 Å². The van der Waals surface area contributed by atoms with Crippen molar-refractivity contribution in [1.29, 1.82) is 0 Å². The molecule has 0 saturated carbocycles. The number of carbonyl (C=O) groups is 1. The van der Waals surface area contributed by atoms with Gasteiger partial charge in [0, 0.05) is 10.0 Å². The molecule has 132 valence electrons. The molecule has 1 N–H and O–H groups in total. The second-order valence-electron chi connectivity index (χ2n) is 6.46. The van der Waals surface area contributed by atoms with Gasteiger partial charge in [-0.1, -0.05) is 52.3 Å². The van der Waals surface area contributed by atoms with Crippen LogP contribution in [0, 0.1) is 0 Å². The summed E-state index contributed by atoms with van der Waals surface area (Å²) in [5.41, 5.74) is 1.35. The molecule has 2 aromatic rings. The van der Waals surface area contributed by atoms with E-state index < -0.39 is 6.10 Å². The Morgan fingerprint density at radius 2 is 1.88 bits per heavy atom. The van der Waals surface area contributed by atoms with Gasteiger partial charge in [-0.2, -0.15) is 0 Å². The zero-order valence-corrected chi connectivity index (χ0v) is 16.0. The van der Waals surface area contributed by atoms with Gasteiger partial charge in [-0.25, -0.2) is 0 Å². The molecule has 1 heterocycles. The van der Waals surface area contributed by atoms with E-state index in [1.54, 1.807) is 0 Å². The summed E-state index contributed by atoms with van der Waals surface area (Å²) in [6.45, 7) is 6.37. The van der Waals surface area contributed by atoms with E-state index in [0.717, 1.165) is 37.2 Å². The van der Waals surface area contributed by atoms with Gasteiger partial charge in [-0.15, -0.1) is 0 Å². The SMILES string of the molecule is C[C@H](Oc1cccc(Br)c1)C(=O)N1CC[NH+](Cc2ccccc2)CC1. The van der Waals surface area contributed by atoms with E-state index in [-0.39, 0.29) is 5.91 Å². The average molecular weight is 404 g/mol. The van der Waals surface area contributed by atoms with Gasteiger partial charge in [0.1, 0.15) is 12.3 Å². The van der Waals surface area contributed by atoms with Crippen LogP contribution in [0.4, 0.5) is 0 Å². The Balaban J connectivity index is 1.49. The van der Waals surface area contributed by atoms with Crippen LogP contribution in [0.2, 0.25) is 0 Å². The quantitative estimate of drug-likeness (QED) is 0.829. The lowest BCUT2D eigenvalue weighted by Gasteiger charge is -2.33. The zero-order valence-electron chi connectivity index (χ0n) is 14.5. The fourth-order valence-electron chi connectivity index (χ4n) is 3.16. The van der Waals surface area contributed by atoms with Crippen molar-refractivity contribution in [2.24, 2.45) is 0 Å². The number of benzene rings is 2. The molecule has 1 atom stereocenters. The lowest BCUT2D eigenvalue weighted by atomic mass is 10.2. The van der Waals surface area contributed by atoms with Crippen LogP contribution in [0.5, 0.6) is 5.75 Å². The third-order valence-corrected chi connectivity index (χ3v) is 5.03. The number of nitrogens with one attached hydrogen (secondary N) is 1. The molecule has 0 spiro atoms. The van der Waals surface area contributed by atoms with Crippen molar-refractivity contribution in [2.45, 2.75) is 19.6 Å². The topological polar surface area (TPSA) is 34.0 Å². The molecule has 0 aliphatic carbocycles. The van der Waals surface area contributed by atoms with Gasteiger partial charge in [0.15, 0.2) is 6.10 Å². The molecular weight excluding hydrogens is 380 g/mol. The van der Waals surface area contributed by atoms with Gasteiger partial charge >= 0.3 is 0 Å². The molecule has 2 aromatic carbocycles. The van der Waals surface area contributed by atoms with Crippen LogP contribution < -0.4 is 9.64 Å². The fourth-order valence-corrected chi connectivity index (χ4v) is 3.53. The molecule has 5 heteroatoms. The number of rotatable bonds is 5. The highest BCUT2D eigenvalue weighted by molar-refractivity contribution is 9.10. The third kappa shape index (κ3) is 5.06. The molecule has 1 aliphatic rings. The Hall–Kier alpha value is -1.85. The number of halogens is 1. The normalized spacial score (nSPS) is 16.5. The summed E-state index contributed by atoms with van der Waals surface area (Å²) in [6.07, 6.45) is -0.468. The summed E-state index contributed by atoms with van der Waals surface area (Å²) in [5.74, 6) is 0.780. The number of carbonyl (C=O) groups excluding carboxylic acids is 1. The average Bonchev–Trinajstić information content (AvgIpc) is 2.62. The number of amides is 1. The van der Waals surface area contributed by atoms with Gasteiger partial charge in [-0.3, -0.25) is 4.79 Å². The van der Waals surface area contributed by atoms with E-state index in [1.165, 1.54) is 10.5 Å². The van der Waals surface area contributed by atoms with Gasteiger partial charge in [0.25, 0.3) is 5.91 Å². The summed E-state index contributed by atoms with van der Waals surface area (Å²) in [7, 11) is 0. The second kappa shape index (κ2) is 8.50. The van der Waals surface area contributed by atoms with Crippen molar-refractivity contribution in [1.82, 2.24) is 4.90 Å². The van der Waals surface area contributed by atoms with Crippen LogP contribution in [0.25, 0.3) is 0 Å². The first kappa shape index (κ1) is 18.0. The summed E-state index contributed by atoms with van der Waals surface area (Å²) in [6, 6.07) is 18.1. The number of piperazine rings is 1. The molecule has 1 amide bonds. The minimum absolute atomic E-state index is 0.0683. The number of hydrogen-bond acceptors (Lipinski definition) is 2. The maximum absolute atomic E-state index is 12.6. The van der Waals surface area contributed by atoms with Crippen LogP contribution in [-0.4, -0.2) is 43.1 Å². The highest BCUT2D eigenvalue weighted by Crippen LogP contribution is 2.19. The van der Waals surface area contributed by atoms with E-state index in [4.69, 9.17) is 4.74 Å². The molecular formula is C20H24BrN2O2+. The Morgan fingerprint density at radius 1 is 1.16 bits per heavy atom. The Bertz CT molecular complexity index is 700. The monoisotopic (exact) mass is 403 g/mol. The molecule has 1 aliphatic heterocycles. The predicted octanol–water partition coefficient (Wildman–Crippen LogP) is 2.14. The Labute approximate surface area is 157 Å². The van der Waals surface area contributed by atoms with Gasteiger partial charge in [0.2, 0.25) is 0 Å². The van der Waals surface area contributed by atoms with Crippen LogP contribution in [0.15, 0.2) is 59.1 Å². The lowest BCUT2D eigenvalue weighted by molar-refractivity contribution is -0.917. The molecule has 0 bridgehead atoms. The van der Waals surface area contributed by atoms with E-state index in [1.807, 2.05) is 42.2 Å². The number of hydrogen-bond donors (Lipinski definition) is 1. The smallest absolute Gasteiger partial charge is 0.263 e. The summed E-state index contributed by atoms with van der Waals surface area (Å²) in [5, 5.41) is 0. The molecule has 0 aromatic heterocycles. The standard InChI is InChI=1S/C20H23BrN2O2/c1-16(25-19-9-5-8-18(21)14-19)20(24)23-12-10-22(11-13-23)15-17-6-3-2-4-7-17/h2-9,14,16H,10-13,15H2,1H3/p+1/t16-/m0/s1. The predicted molar refractivity (Wildman–Crippen MR) is 102 cm³/mol. The summed E-state index contributed by atoms with van der Waals surface area (Å²) < 4.78 is 6.75. The zero-order chi connectivity index (χ0) is 17.6. The minimum atomic E-state index is -0.468. The van der Waals surface area contributed by atoms with Crippen molar-refractivity contribution in [3.8, 4) is 5.75 Å². The first-order valence-electron chi connectivity index (χ1n) is 8.70. The molecule has 3 rings (SSSR count).